The molecule has 0 aromatic heterocycles. The first-order valence-electron chi connectivity index (χ1n) is 7.16. The van der Waals surface area contributed by atoms with Crippen LogP contribution in [0.5, 0.6) is 0 Å². The van der Waals surface area contributed by atoms with Crippen molar-refractivity contribution < 1.29 is 14.7 Å². The van der Waals surface area contributed by atoms with E-state index in [2.05, 4.69) is 10.3 Å². The number of rotatable bonds is 4. The van der Waals surface area contributed by atoms with Gasteiger partial charge in [-0.2, -0.15) is 0 Å². The van der Waals surface area contributed by atoms with Crippen LogP contribution in [0, 0.1) is 0 Å². The van der Waals surface area contributed by atoms with Crippen molar-refractivity contribution in [3.8, 4) is 0 Å². The second-order valence-corrected chi connectivity index (χ2v) is 5.08. The van der Waals surface area contributed by atoms with E-state index in [4.69, 9.17) is 5.11 Å². The zero-order valence-electron chi connectivity index (χ0n) is 12.2. The highest BCUT2D eigenvalue weighted by atomic mass is 16.4. The number of aliphatic imine (C=N–C) groups is 1. The van der Waals surface area contributed by atoms with Gasteiger partial charge in [-0.1, -0.05) is 36.4 Å². The molecule has 1 aliphatic heterocycles. The van der Waals surface area contributed by atoms with E-state index in [9.17, 15) is 9.59 Å². The highest BCUT2D eigenvalue weighted by Gasteiger charge is 2.39. The molecular formula is C17H15N3O3. The SMILES string of the molecule is O=C(O)C[C@@H]1C(=O)NC(=Nc2ccccc2)N1c1ccccc1. The number of hydrogen-bond donors (Lipinski definition) is 2. The number of guanidine groups is 1. The van der Waals surface area contributed by atoms with Gasteiger partial charge in [-0.25, -0.2) is 4.99 Å². The van der Waals surface area contributed by atoms with E-state index in [1.807, 2.05) is 60.7 Å². The lowest BCUT2D eigenvalue weighted by molar-refractivity contribution is -0.139. The van der Waals surface area contributed by atoms with Crippen LogP contribution in [0.15, 0.2) is 65.7 Å². The van der Waals surface area contributed by atoms with E-state index in [1.165, 1.54) is 0 Å². The Hall–Kier alpha value is -3.15. The maximum Gasteiger partial charge on any atom is 0.306 e. The fourth-order valence-corrected chi connectivity index (χ4v) is 2.47. The fourth-order valence-electron chi connectivity index (χ4n) is 2.47. The third-order valence-electron chi connectivity index (χ3n) is 3.47. The first-order chi connectivity index (χ1) is 11.1. The summed E-state index contributed by atoms with van der Waals surface area (Å²) < 4.78 is 0. The van der Waals surface area contributed by atoms with Crippen molar-refractivity contribution in [1.29, 1.82) is 0 Å². The van der Waals surface area contributed by atoms with E-state index >= 15 is 0 Å². The van der Waals surface area contributed by atoms with E-state index < -0.39 is 12.0 Å². The number of carboxylic acid groups (broad SMARTS) is 1. The molecule has 1 atom stereocenters. The zero-order valence-corrected chi connectivity index (χ0v) is 12.2. The summed E-state index contributed by atoms with van der Waals surface area (Å²) in [5.74, 6) is -1.07. The van der Waals surface area contributed by atoms with E-state index in [0.717, 1.165) is 0 Å². The summed E-state index contributed by atoms with van der Waals surface area (Å²) >= 11 is 0. The minimum atomic E-state index is -1.04. The standard InChI is InChI=1S/C17H15N3O3/c21-15(22)11-14-16(23)19-17(18-12-7-3-1-4-8-12)20(14)13-9-5-2-6-10-13/h1-10,14H,11H2,(H,21,22)(H,18,19,23)/t14-/m1/s1. The zero-order chi connectivity index (χ0) is 16.2. The predicted octanol–water partition coefficient (Wildman–Crippen LogP) is 2.15. The van der Waals surface area contributed by atoms with Gasteiger partial charge < -0.3 is 5.11 Å². The van der Waals surface area contributed by atoms with Crippen LogP contribution in [0.25, 0.3) is 0 Å². The van der Waals surface area contributed by atoms with Gasteiger partial charge in [0.1, 0.15) is 6.04 Å². The minimum Gasteiger partial charge on any atom is -0.481 e. The number of nitrogens with one attached hydrogen (secondary N) is 1. The normalized spacial score (nSPS) is 19.0. The molecule has 116 valence electrons. The number of amides is 1. The van der Waals surface area contributed by atoms with Crippen molar-refractivity contribution in [1.82, 2.24) is 5.32 Å². The lowest BCUT2D eigenvalue weighted by Crippen LogP contribution is -2.37. The molecule has 1 fully saturated rings. The summed E-state index contributed by atoms with van der Waals surface area (Å²) in [6, 6.07) is 17.5. The van der Waals surface area contributed by atoms with Gasteiger partial charge in [-0.05, 0) is 24.3 Å². The number of aliphatic carboxylic acids is 1. The molecule has 6 heteroatoms. The van der Waals surface area contributed by atoms with Gasteiger partial charge in [0.2, 0.25) is 11.9 Å². The van der Waals surface area contributed by atoms with Crippen LogP contribution in [0.4, 0.5) is 11.4 Å². The molecule has 3 rings (SSSR count). The van der Waals surface area contributed by atoms with Gasteiger partial charge in [-0.15, -0.1) is 0 Å². The van der Waals surface area contributed by atoms with Crippen LogP contribution in [0.3, 0.4) is 0 Å². The van der Waals surface area contributed by atoms with Gasteiger partial charge in [0, 0.05) is 5.69 Å². The van der Waals surface area contributed by atoms with Crippen molar-refractivity contribution in [2.45, 2.75) is 12.5 Å². The summed E-state index contributed by atoms with van der Waals surface area (Å²) in [6.45, 7) is 0. The van der Waals surface area contributed by atoms with Crippen molar-refractivity contribution in [2.24, 2.45) is 4.99 Å². The lowest BCUT2D eigenvalue weighted by Gasteiger charge is -2.22. The Kier molecular flexibility index (Phi) is 4.05. The molecule has 1 heterocycles. The van der Waals surface area contributed by atoms with Crippen LogP contribution >= 0.6 is 0 Å². The molecule has 0 bridgehead atoms. The van der Waals surface area contributed by atoms with E-state index in [1.54, 1.807) is 4.90 Å². The molecule has 1 aliphatic rings. The van der Waals surface area contributed by atoms with Crippen molar-refractivity contribution in [2.75, 3.05) is 4.90 Å². The maximum absolute atomic E-state index is 12.2. The molecule has 0 unspecified atom stereocenters. The number of para-hydroxylation sites is 2. The summed E-state index contributed by atoms with van der Waals surface area (Å²) in [6.07, 6.45) is -0.297. The average Bonchev–Trinajstić information content (AvgIpc) is 2.84. The van der Waals surface area contributed by atoms with Crippen LogP contribution in [0.2, 0.25) is 0 Å². The first kappa shape index (κ1) is 14.8. The van der Waals surface area contributed by atoms with Gasteiger partial charge in [-0.3, -0.25) is 19.8 Å². The molecule has 0 aliphatic carbocycles. The lowest BCUT2D eigenvalue weighted by atomic mass is 10.1. The third-order valence-corrected chi connectivity index (χ3v) is 3.47. The van der Waals surface area contributed by atoms with Gasteiger partial charge >= 0.3 is 5.97 Å². The van der Waals surface area contributed by atoms with E-state index in [-0.39, 0.29) is 12.3 Å². The number of hydrogen-bond acceptors (Lipinski definition) is 3. The van der Waals surface area contributed by atoms with Crippen LogP contribution in [-0.2, 0) is 9.59 Å². The summed E-state index contributed by atoms with van der Waals surface area (Å²) in [4.78, 5) is 29.4. The number of benzene rings is 2. The molecule has 0 spiro atoms. The van der Waals surface area contributed by atoms with Crippen LogP contribution < -0.4 is 10.2 Å². The third kappa shape index (κ3) is 3.21. The molecule has 1 saturated heterocycles. The van der Waals surface area contributed by atoms with Gasteiger partial charge in [0.25, 0.3) is 0 Å². The molecule has 2 N–H and O–H groups in total. The maximum atomic E-state index is 12.2. The van der Waals surface area contributed by atoms with Gasteiger partial charge in [0.15, 0.2) is 0 Å². The average molecular weight is 309 g/mol. The largest absolute Gasteiger partial charge is 0.481 e. The number of anilines is 1. The Labute approximate surface area is 133 Å². The molecule has 0 saturated carbocycles. The topological polar surface area (TPSA) is 82.0 Å². The van der Waals surface area contributed by atoms with E-state index in [0.29, 0.717) is 17.3 Å². The molecule has 2 aromatic carbocycles. The number of carboxylic acids is 1. The Balaban J connectivity index is 2.02. The number of nitrogens with zero attached hydrogens (tertiary/aromatic N) is 2. The fraction of sp³-hybridized carbons (Fsp3) is 0.118. The summed E-state index contributed by atoms with van der Waals surface area (Å²) in [5, 5.41) is 11.8. The van der Waals surface area contributed by atoms with Gasteiger partial charge in [0.05, 0.1) is 12.1 Å². The second-order valence-electron chi connectivity index (χ2n) is 5.08. The monoisotopic (exact) mass is 309 g/mol. The molecule has 1 amide bonds. The summed E-state index contributed by atoms with van der Waals surface area (Å²) in [7, 11) is 0. The Morgan fingerprint density at radius 1 is 1.09 bits per heavy atom. The first-order valence-corrected chi connectivity index (χ1v) is 7.16. The minimum absolute atomic E-state index is 0.297. The highest BCUT2D eigenvalue weighted by molar-refractivity contribution is 6.17. The molecule has 23 heavy (non-hydrogen) atoms. The van der Waals surface area contributed by atoms with Crippen LogP contribution in [-0.4, -0.2) is 29.0 Å². The van der Waals surface area contributed by atoms with Crippen LogP contribution in [0.1, 0.15) is 6.42 Å². The smallest absolute Gasteiger partial charge is 0.306 e. The molecular weight excluding hydrogens is 294 g/mol. The Bertz CT molecular complexity index is 744. The van der Waals surface area contributed by atoms with Crippen molar-refractivity contribution in [3.63, 3.8) is 0 Å². The Morgan fingerprint density at radius 2 is 1.70 bits per heavy atom. The van der Waals surface area contributed by atoms with Crippen molar-refractivity contribution >= 4 is 29.2 Å². The molecule has 2 aromatic rings. The summed E-state index contributed by atoms with van der Waals surface area (Å²) in [5.41, 5.74) is 1.39. The highest BCUT2D eigenvalue weighted by Crippen LogP contribution is 2.24. The second kappa shape index (κ2) is 6.31. The molecule has 0 radical (unpaired) electrons. The Morgan fingerprint density at radius 3 is 2.30 bits per heavy atom. The number of carbonyl (C=O) groups excluding carboxylic acids is 1. The predicted molar refractivity (Wildman–Crippen MR) is 86.6 cm³/mol. The quantitative estimate of drug-likeness (QED) is 0.906. The molecule has 6 nitrogen and oxygen atoms in total. The van der Waals surface area contributed by atoms with Crippen molar-refractivity contribution in [3.05, 3.63) is 60.7 Å². The number of carbonyl (C=O) groups is 2.